The minimum Gasteiger partial charge on any atom is -0.391 e. The van der Waals surface area contributed by atoms with Gasteiger partial charge in [-0.15, -0.1) is 11.3 Å². The lowest BCUT2D eigenvalue weighted by Crippen LogP contribution is -2.34. The molecular weight excluding hydrogens is 262 g/mol. The van der Waals surface area contributed by atoms with Gasteiger partial charge in [-0.1, -0.05) is 20.8 Å². The number of hydrogen-bond donors (Lipinski definition) is 3. The number of nitrogens with zero attached hydrogens (tertiary/aromatic N) is 1. The molecule has 1 amide bonds. The molecule has 2 unspecified atom stereocenters. The molecule has 0 radical (unpaired) electrons. The fourth-order valence-corrected chi connectivity index (χ4v) is 2.85. The number of β-amino-alcohol motifs (C(OH)–C–C–N with tert-alkyl or cyclic N) is 1. The highest BCUT2D eigenvalue weighted by Gasteiger charge is 2.26. The molecule has 5 nitrogen and oxygen atoms in total. The van der Waals surface area contributed by atoms with Crippen LogP contribution < -0.4 is 10.6 Å². The number of aliphatic hydroxyl groups excluding tert-OH is 1. The van der Waals surface area contributed by atoms with Crippen LogP contribution in [0.4, 0.5) is 0 Å². The topological polar surface area (TPSA) is 74.2 Å². The Balaban J connectivity index is 1.91. The lowest BCUT2D eigenvalue weighted by atomic mass is 9.98. The van der Waals surface area contributed by atoms with Gasteiger partial charge in [0.25, 0.3) is 5.91 Å². The SMILES string of the molecule is CC(C)(C)c1nc(C(=O)NCC2CNCC2O)cs1. The number of thiazole rings is 1. The van der Waals surface area contributed by atoms with Crippen LogP contribution in [0.5, 0.6) is 0 Å². The number of amides is 1. The second kappa shape index (κ2) is 5.56. The molecule has 0 spiro atoms. The van der Waals surface area contributed by atoms with Crippen molar-refractivity contribution >= 4 is 17.2 Å². The Bertz CT molecular complexity index is 453. The van der Waals surface area contributed by atoms with E-state index in [9.17, 15) is 9.90 Å². The van der Waals surface area contributed by atoms with Crippen LogP contribution in [0.3, 0.4) is 0 Å². The molecule has 0 aromatic carbocycles. The normalized spacial score (nSPS) is 23.6. The molecule has 2 atom stereocenters. The Morgan fingerprint density at radius 1 is 1.58 bits per heavy atom. The van der Waals surface area contributed by atoms with Crippen LogP contribution in [0.25, 0.3) is 0 Å². The van der Waals surface area contributed by atoms with Gasteiger partial charge in [0.15, 0.2) is 0 Å². The molecule has 1 aromatic heterocycles. The third kappa shape index (κ3) is 3.52. The first-order valence-corrected chi connectivity index (χ1v) is 7.39. The summed E-state index contributed by atoms with van der Waals surface area (Å²) in [6, 6.07) is 0. The van der Waals surface area contributed by atoms with Gasteiger partial charge in [0, 0.05) is 36.3 Å². The number of nitrogens with one attached hydrogen (secondary N) is 2. The largest absolute Gasteiger partial charge is 0.391 e. The molecule has 1 saturated heterocycles. The maximum absolute atomic E-state index is 12.0. The van der Waals surface area contributed by atoms with Crippen molar-refractivity contribution in [3.8, 4) is 0 Å². The highest BCUT2D eigenvalue weighted by atomic mass is 32.1. The number of aromatic nitrogens is 1. The summed E-state index contributed by atoms with van der Waals surface area (Å²) in [6.45, 7) is 8.06. The minimum absolute atomic E-state index is 0.0330. The van der Waals surface area contributed by atoms with Gasteiger partial charge in [0.1, 0.15) is 5.69 Å². The molecule has 106 valence electrons. The molecule has 19 heavy (non-hydrogen) atoms. The van der Waals surface area contributed by atoms with Gasteiger partial charge < -0.3 is 15.7 Å². The molecule has 0 bridgehead atoms. The van der Waals surface area contributed by atoms with Gasteiger partial charge in [-0.2, -0.15) is 0 Å². The summed E-state index contributed by atoms with van der Waals surface area (Å²) < 4.78 is 0. The zero-order valence-electron chi connectivity index (χ0n) is 11.6. The summed E-state index contributed by atoms with van der Waals surface area (Å²) in [5.41, 5.74) is 0.435. The van der Waals surface area contributed by atoms with Crippen molar-refractivity contribution in [2.24, 2.45) is 5.92 Å². The maximum Gasteiger partial charge on any atom is 0.270 e. The Kier molecular flexibility index (Phi) is 4.23. The van der Waals surface area contributed by atoms with E-state index in [1.165, 1.54) is 11.3 Å². The molecule has 0 aliphatic carbocycles. The van der Waals surface area contributed by atoms with Crippen molar-refractivity contribution < 1.29 is 9.90 Å². The average Bonchev–Trinajstić information content (AvgIpc) is 2.93. The van der Waals surface area contributed by atoms with Crippen LogP contribution in [-0.4, -0.2) is 41.7 Å². The first kappa shape index (κ1) is 14.4. The molecule has 1 fully saturated rings. The fraction of sp³-hybridized carbons (Fsp3) is 0.692. The van der Waals surface area contributed by atoms with Crippen molar-refractivity contribution in [1.29, 1.82) is 0 Å². The first-order valence-electron chi connectivity index (χ1n) is 6.51. The molecule has 2 rings (SSSR count). The van der Waals surface area contributed by atoms with E-state index in [0.717, 1.165) is 11.6 Å². The third-order valence-corrected chi connectivity index (χ3v) is 4.48. The van der Waals surface area contributed by atoms with Crippen LogP contribution >= 0.6 is 11.3 Å². The van der Waals surface area contributed by atoms with Crippen molar-refractivity contribution in [2.75, 3.05) is 19.6 Å². The quantitative estimate of drug-likeness (QED) is 0.765. The third-order valence-electron chi connectivity index (χ3n) is 3.21. The van der Waals surface area contributed by atoms with E-state index in [1.807, 2.05) is 0 Å². The van der Waals surface area contributed by atoms with Gasteiger partial charge in [-0.3, -0.25) is 4.79 Å². The fourth-order valence-electron chi connectivity index (χ4n) is 1.96. The average molecular weight is 283 g/mol. The van der Waals surface area contributed by atoms with E-state index in [-0.39, 0.29) is 23.3 Å². The molecule has 6 heteroatoms. The van der Waals surface area contributed by atoms with E-state index in [0.29, 0.717) is 18.8 Å². The van der Waals surface area contributed by atoms with Crippen LogP contribution in [0.2, 0.25) is 0 Å². The number of aliphatic hydroxyl groups is 1. The molecule has 2 heterocycles. The van der Waals surface area contributed by atoms with Crippen LogP contribution in [-0.2, 0) is 5.41 Å². The van der Waals surface area contributed by atoms with Gasteiger partial charge in [0.05, 0.1) is 11.1 Å². The Morgan fingerprint density at radius 3 is 2.84 bits per heavy atom. The monoisotopic (exact) mass is 283 g/mol. The predicted molar refractivity (Wildman–Crippen MR) is 75.5 cm³/mol. The molecule has 1 aliphatic heterocycles. The molecule has 0 saturated carbocycles. The van der Waals surface area contributed by atoms with Crippen molar-refractivity contribution in [3.05, 3.63) is 16.1 Å². The summed E-state index contributed by atoms with van der Waals surface area (Å²) in [5.74, 6) is -0.0736. The van der Waals surface area contributed by atoms with Gasteiger partial charge in [-0.05, 0) is 0 Å². The summed E-state index contributed by atoms with van der Waals surface area (Å²) in [5, 5.41) is 18.3. The van der Waals surface area contributed by atoms with Crippen LogP contribution in [0.15, 0.2) is 5.38 Å². The molecular formula is C13H21N3O2S. The zero-order chi connectivity index (χ0) is 14.0. The van der Waals surface area contributed by atoms with Crippen LogP contribution in [0.1, 0.15) is 36.3 Å². The molecule has 1 aliphatic rings. The predicted octanol–water partition coefficient (Wildman–Crippen LogP) is 0.751. The lowest BCUT2D eigenvalue weighted by molar-refractivity contribution is 0.0922. The number of rotatable bonds is 3. The van der Waals surface area contributed by atoms with Crippen LogP contribution in [0, 0.1) is 5.92 Å². The Morgan fingerprint density at radius 2 is 2.32 bits per heavy atom. The second-order valence-corrected chi connectivity index (χ2v) is 6.84. The maximum atomic E-state index is 12.0. The minimum atomic E-state index is -0.374. The first-order chi connectivity index (χ1) is 8.88. The number of carbonyl (C=O) groups is 1. The molecule has 1 aromatic rings. The Labute approximate surface area is 117 Å². The second-order valence-electron chi connectivity index (χ2n) is 5.98. The Hall–Kier alpha value is -0.980. The van der Waals surface area contributed by atoms with E-state index < -0.39 is 0 Å². The van der Waals surface area contributed by atoms with E-state index in [1.54, 1.807) is 5.38 Å². The summed E-state index contributed by atoms with van der Waals surface area (Å²) in [6.07, 6.45) is -0.374. The van der Waals surface area contributed by atoms with Crippen molar-refractivity contribution in [3.63, 3.8) is 0 Å². The summed E-state index contributed by atoms with van der Waals surface area (Å²) in [4.78, 5) is 16.4. The van der Waals surface area contributed by atoms with Crippen molar-refractivity contribution in [1.82, 2.24) is 15.6 Å². The number of carbonyl (C=O) groups excluding carboxylic acids is 1. The van der Waals surface area contributed by atoms with Gasteiger partial charge >= 0.3 is 0 Å². The number of hydrogen-bond acceptors (Lipinski definition) is 5. The van der Waals surface area contributed by atoms with E-state index in [4.69, 9.17) is 0 Å². The van der Waals surface area contributed by atoms with Gasteiger partial charge in [0.2, 0.25) is 0 Å². The molecule has 3 N–H and O–H groups in total. The highest BCUT2D eigenvalue weighted by Crippen LogP contribution is 2.25. The lowest BCUT2D eigenvalue weighted by Gasteiger charge is -2.14. The highest BCUT2D eigenvalue weighted by molar-refractivity contribution is 7.10. The van der Waals surface area contributed by atoms with Crippen molar-refractivity contribution in [2.45, 2.75) is 32.3 Å². The summed E-state index contributed by atoms with van der Waals surface area (Å²) in [7, 11) is 0. The van der Waals surface area contributed by atoms with Gasteiger partial charge in [-0.25, -0.2) is 4.98 Å². The van der Waals surface area contributed by atoms with E-state index in [2.05, 4.69) is 36.4 Å². The smallest absolute Gasteiger partial charge is 0.270 e. The zero-order valence-corrected chi connectivity index (χ0v) is 12.4. The van der Waals surface area contributed by atoms with E-state index >= 15 is 0 Å². The standard InChI is InChI=1S/C13H21N3O2S/c1-13(2,3)12-16-9(7-19-12)11(18)15-5-8-4-14-6-10(8)17/h7-8,10,14,17H,4-6H2,1-3H3,(H,15,18). The summed E-state index contributed by atoms with van der Waals surface area (Å²) >= 11 is 1.51.